The molecular formula is C23H30F2N4O2. The number of hydrogen-bond donors (Lipinski definition) is 1. The molecule has 2 aliphatic rings. The molecule has 1 atom stereocenters. The summed E-state index contributed by atoms with van der Waals surface area (Å²) < 4.78 is 34.9. The highest BCUT2D eigenvalue weighted by molar-refractivity contribution is 5.94. The maximum Gasteiger partial charge on any atom is 0.274 e. The average molecular weight is 433 g/mol. The molecule has 0 radical (unpaired) electrons. The number of nitrogens with zero attached hydrogens (tertiary/aromatic N) is 3. The molecule has 2 aromatic rings. The molecule has 0 spiro atoms. The first-order valence-electron chi connectivity index (χ1n) is 11.1. The van der Waals surface area contributed by atoms with Crippen LogP contribution < -0.4 is 5.32 Å². The number of rotatable bonds is 6. The fourth-order valence-corrected chi connectivity index (χ4v) is 4.39. The predicted molar refractivity (Wildman–Crippen MR) is 113 cm³/mol. The van der Waals surface area contributed by atoms with E-state index in [-0.39, 0.29) is 18.5 Å². The van der Waals surface area contributed by atoms with Crippen molar-refractivity contribution in [3.05, 3.63) is 52.3 Å². The number of nitrogens with one attached hydrogen (secondary N) is 1. The Hall–Kier alpha value is -2.32. The van der Waals surface area contributed by atoms with Crippen LogP contribution in [0.15, 0.2) is 18.2 Å². The number of fused-ring (bicyclic) bond motifs is 1. The maximum atomic E-state index is 14.0. The first kappa shape index (κ1) is 21.9. The van der Waals surface area contributed by atoms with E-state index in [0.29, 0.717) is 49.9 Å². The van der Waals surface area contributed by atoms with Crippen LogP contribution in [0, 0.1) is 17.6 Å². The molecule has 1 aromatic heterocycles. The van der Waals surface area contributed by atoms with Gasteiger partial charge in [-0.1, -0.05) is 26.0 Å². The molecule has 1 N–H and O–H groups in total. The number of halogens is 2. The Bertz CT molecular complexity index is 938. The number of morpholine rings is 1. The van der Waals surface area contributed by atoms with E-state index in [1.54, 1.807) is 6.07 Å². The van der Waals surface area contributed by atoms with Crippen LogP contribution in [0.25, 0.3) is 0 Å². The van der Waals surface area contributed by atoms with Gasteiger partial charge < -0.3 is 15.0 Å². The number of aromatic nitrogens is 2. The number of carbonyl (C=O) groups excluding carboxylic acids is 1. The number of ether oxygens (including phenoxy) is 1. The van der Waals surface area contributed by atoms with Crippen molar-refractivity contribution >= 4 is 5.91 Å². The van der Waals surface area contributed by atoms with Crippen LogP contribution in [0.4, 0.5) is 8.78 Å². The third-order valence-electron chi connectivity index (χ3n) is 6.00. The number of amides is 1. The van der Waals surface area contributed by atoms with Gasteiger partial charge in [-0.3, -0.25) is 9.48 Å². The van der Waals surface area contributed by atoms with Gasteiger partial charge in [0.15, 0.2) is 17.3 Å². The van der Waals surface area contributed by atoms with E-state index in [0.717, 1.165) is 36.7 Å². The van der Waals surface area contributed by atoms with E-state index >= 15 is 0 Å². The Morgan fingerprint density at radius 3 is 2.81 bits per heavy atom. The number of hydrogen-bond acceptors (Lipinski definition) is 4. The standard InChI is InChI=1S/C23H30F2N4O2/c1-15(2)14-29-20-7-6-17(26-13-16-4-3-5-19(24)21(16)25)12-18(20)22(27-29)23(30)28-8-10-31-11-9-28/h3-5,15,17,26H,6-14H2,1-2H3/t17-/m0/s1. The Morgan fingerprint density at radius 2 is 2.06 bits per heavy atom. The summed E-state index contributed by atoms with van der Waals surface area (Å²) in [7, 11) is 0. The average Bonchev–Trinajstić information content (AvgIpc) is 3.12. The highest BCUT2D eigenvalue weighted by Crippen LogP contribution is 2.27. The van der Waals surface area contributed by atoms with Crippen LogP contribution in [0.3, 0.4) is 0 Å². The normalized spacial score (nSPS) is 19.0. The van der Waals surface area contributed by atoms with Crippen LogP contribution in [0.5, 0.6) is 0 Å². The van der Waals surface area contributed by atoms with Gasteiger partial charge in [-0.15, -0.1) is 0 Å². The smallest absolute Gasteiger partial charge is 0.274 e. The van der Waals surface area contributed by atoms with Gasteiger partial charge in [0.1, 0.15) is 0 Å². The van der Waals surface area contributed by atoms with Gasteiger partial charge in [0.2, 0.25) is 0 Å². The topological polar surface area (TPSA) is 59.4 Å². The summed E-state index contributed by atoms with van der Waals surface area (Å²) in [6.45, 7) is 7.53. The highest BCUT2D eigenvalue weighted by atomic mass is 19.2. The van der Waals surface area contributed by atoms with Gasteiger partial charge in [-0.25, -0.2) is 8.78 Å². The minimum absolute atomic E-state index is 0.0427. The fraction of sp³-hybridized carbons (Fsp3) is 0.565. The van der Waals surface area contributed by atoms with Crippen LogP contribution in [0.2, 0.25) is 0 Å². The first-order valence-corrected chi connectivity index (χ1v) is 11.1. The molecule has 1 saturated heterocycles. The molecule has 4 rings (SSSR count). The van der Waals surface area contributed by atoms with Gasteiger partial charge in [-0.05, 0) is 31.2 Å². The monoisotopic (exact) mass is 432 g/mol. The van der Waals surface area contributed by atoms with Gasteiger partial charge >= 0.3 is 0 Å². The van der Waals surface area contributed by atoms with Gasteiger partial charge in [0.25, 0.3) is 5.91 Å². The number of benzene rings is 1. The minimum atomic E-state index is -0.835. The molecule has 0 saturated carbocycles. The van der Waals surface area contributed by atoms with Gasteiger partial charge in [0.05, 0.1) is 13.2 Å². The van der Waals surface area contributed by atoms with E-state index in [9.17, 15) is 13.6 Å². The van der Waals surface area contributed by atoms with E-state index in [1.807, 2.05) is 9.58 Å². The Balaban J connectivity index is 1.53. The summed E-state index contributed by atoms with van der Waals surface area (Å²) in [5.74, 6) is -1.26. The molecule has 0 bridgehead atoms. The van der Waals surface area contributed by atoms with Crippen molar-refractivity contribution in [1.82, 2.24) is 20.0 Å². The molecule has 2 heterocycles. The van der Waals surface area contributed by atoms with Crippen molar-refractivity contribution in [1.29, 1.82) is 0 Å². The predicted octanol–water partition coefficient (Wildman–Crippen LogP) is 2.94. The zero-order chi connectivity index (χ0) is 22.0. The molecule has 1 fully saturated rings. The van der Waals surface area contributed by atoms with Crippen LogP contribution >= 0.6 is 0 Å². The zero-order valence-corrected chi connectivity index (χ0v) is 18.2. The van der Waals surface area contributed by atoms with E-state index in [2.05, 4.69) is 19.2 Å². The molecule has 1 amide bonds. The van der Waals surface area contributed by atoms with Gasteiger partial charge in [-0.2, -0.15) is 5.10 Å². The molecule has 1 aliphatic carbocycles. The summed E-state index contributed by atoms with van der Waals surface area (Å²) in [5.41, 5.74) is 2.95. The first-order chi connectivity index (χ1) is 14.9. The van der Waals surface area contributed by atoms with Crippen molar-refractivity contribution in [2.75, 3.05) is 26.3 Å². The Kier molecular flexibility index (Phi) is 6.67. The molecule has 6 nitrogen and oxygen atoms in total. The summed E-state index contributed by atoms with van der Waals surface area (Å²) in [6, 6.07) is 4.30. The minimum Gasteiger partial charge on any atom is -0.378 e. The van der Waals surface area contributed by atoms with Crippen molar-refractivity contribution in [2.24, 2.45) is 5.92 Å². The lowest BCUT2D eigenvalue weighted by Crippen LogP contribution is -2.41. The van der Waals surface area contributed by atoms with E-state index in [4.69, 9.17) is 9.84 Å². The maximum absolute atomic E-state index is 14.0. The molecular weight excluding hydrogens is 402 g/mol. The largest absolute Gasteiger partial charge is 0.378 e. The molecule has 0 unspecified atom stereocenters. The van der Waals surface area contributed by atoms with Crippen LogP contribution in [-0.2, 0) is 30.7 Å². The second-order valence-electron chi connectivity index (χ2n) is 8.79. The fourth-order valence-electron chi connectivity index (χ4n) is 4.39. The van der Waals surface area contributed by atoms with Gasteiger partial charge in [0, 0.05) is 49.0 Å². The highest BCUT2D eigenvalue weighted by Gasteiger charge is 2.31. The van der Waals surface area contributed by atoms with Crippen LogP contribution in [-0.4, -0.2) is 52.9 Å². The summed E-state index contributed by atoms with van der Waals surface area (Å²) >= 11 is 0. The SMILES string of the molecule is CC(C)Cn1nc(C(=O)N2CCOCC2)c2c1CC[C@H](NCc1cccc(F)c1F)C2. The zero-order valence-electron chi connectivity index (χ0n) is 18.2. The third-order valence-corrected chi connectivity index (χ3v) is 6.00. The van der Waals surface area contributed by atoms with E-state index < -0.39 is 11.6 Å². The lowest BCUT2D eigenvalue weighted by molar-refractivity contribution is 0.0297. The molecule has 8 heteroatoms. The summed E-state index contributed by atoms with van der Waals surface area (Å²) in [6.07, 6.45) is 2.31. The lowest BCUT2D eigenvalue weighted by Gasteiger charge is -2.28. The second-order valence-corrected chi connectivity index (χ2v) is 8.79. The Labute approximate surface area is 181 Å². The van der Waals surface area contributed by atoms with Crippen molar-refractivity contribution in [2.45, 2.75) is 52.2 Å². The molecule has 1 aromatic carbocycles. The molecule has 31 heavy (non-hydrogen) atoms. The summed E-state index contributed by atoms with van der Waals surface area (Å²) in [4.78, 5) is 15.0. The van der Waals surface area contributed by atoms with Crippen molar-refractivity contribution in [3.63, 3.8) is 0 Å². The Morgan fingerprint density at radius 1 is 1.29 bits per heavy atom. The van der Waals surface area contributed by atoms with E-state index in [1.165, 1.54) is 6.07 Å². The molecule has 168 valence electrons. The third kappa shape index (κ3) is 4.80. The van der Waals surface area contributed by atoms with Crippen molar-refractivity contribution in [3.8, 4) is 0 Å². The van der Waals surface area contributed by atoms with Crippen molar-refractivity contribution < 1.29 is 18.3 Å². The lowest BCUT2D eigenvalue weighted by atomic mass is 9.90. The van der Waals surface area contributed by atoms with Crippen LogP contribution in [0.1, 0.15) is 47.6 Å². The molecule has 1 aliphatic heterocycles. The second kappa shape index (κ2) is 9.44. The summed E-state index contributed by atoms with van der Waals surface area (Å²) in [5, 5.41) is 8.09. The number of carbonyl (C=O) groups is 1. The quantitative estimate of drug-likeness (QED) is 0.763.